The minimum atomic E-state index is 0.0480. The minimum Gasteiger partial charge on any atom is -0.381 e. The first-order chi connectivity index (χ1) is 9.76. The van der Waals surface area contributed by atoms with Crippen LogP contribution in [0.5, 0.6) is 0 Å². The van der Waals surface area contributed by atoms with E-state index in [1.165, 1.54) is 0 Å². The highest BCUT2D eigenvalue weighted by molar-refractivity contribution is 5.79. The first-order valence-corrected chi connectivity index (χ1v) is 7.46. The first kappa shape index (κ1) is 13.5. The Labute approximate surface area is 118 Å². The second-order valence-corrected chi connectivity index (χ2v) is 5.81. The van der Waals surface area contributed by atoms with E-state index in [1.54, 1.807) is 13.4 Å². The minimum absolute atomic E-state index is 0.0480. The van der Waals surface area contributed by atoms with Crippen LogP contribution >= 0.6 is 0 Å². The molecule has 1 saturated carbocycles. The molecule has 0 aromatic carbocycles. The molecule has 6 nitrogen and oxygen atoms in total. The fourth-order valence-electron chi connectivity index (χ4n) is 3.22. The second kappa shape index (κ2) is 5.91. The molecule has 1 N–H and O–H groups in total. The summed E-state index contributed by atoms with van der Waals surface area (Å²) in [6.45, 7) is 0.795. The van der Waals surface area contributed by atoms with Crippen LogP contribution in [0, 0.1) is 5.92 Å². The lowest BCUT2D eigenvalue weighted by molar-refractivity contribution is -0.126. The SMILES string of the molecule is COC1CCC(NC(=O)C2CCn3ncnc3C2)CC1. The van der Waals surface area contributed by atoms with Crippen LogP contribution in [0.1, 0.15) is 37.9 Å². The van der Waals surface area contributed by atoms with E-state index in [-0.39, 0.29) is 11.8 Å². The molecule has 0 bridgehead atoms. The van der Waals surface area contributed by atoms with Crippen molar-refractivity contribution in [3.8, 4) is 0 Å². The summed E-state index contributed by atoms with van der Waals surface area (Å²) in [6, 6.07) is 0.314. The Morgan fingerprint density at radius 2 is 2.15 bits per heavy atom. The standard InChI is InChI=1S/C14H22N4O2/c1-20-12-4-2-11(3-5-12)17-14(19)10-6-7-18-13(8-10)15-9-16-18/h9-12H,2-8H2,1H3,(H,17,19). The van der Waals surface area contributed by atoms with Gasteiger partial charge in [0.2, 0.25) is 5.91 Å². The van der Waals surface area contributed by atoms with Crippen molar-refractivity contribution in [1.29, 1.82) is 0 Å². The molecule has 0 radical (unpaired) electrons. The van der Waals surface area contributed by atoms with Crippen LogP contribution in [0.25, 0.3) is 0 Å². The van der Waals surface area contributed by atoms with Gasteiger partial charge in [-0.25, -0.2) is 4.98 Å². The third-order valence-electron chi connectivity index (χ3n) is 4.54. The number of rotatable bonds is 3. The van der Waals surface area contributed by atoms with Crippen LogP contribution in [0.3, 0.4) is 0 Å². The fourth-order valence-corrected chi connectivity index (χ4v) is 3.22. The topological polar surface area (TPSA) is 69.0 Å². The van der Waals surface area contributed by atoms with Gasteiger partial charge in [0, 0.05) is 32.0 Å². The third kappa shape index (κ3) is 2.85. The van der Waals surface area contributed by atoms with E-state index >= 15 is 0 Å². The van der Waals surface area contributed by atoms with Crippen LogP contribution < -0.4 is 5.32 Å². The summed E-state index contributed by atoms with van der Waals surface area (Å²) >= 11 is 0. The van der Waals surface area contributed by atoms with Gasteiger partial charge >= 0.3 is 0 Å². The third-order valence-corrected chi connectivity index (χ3v) is 4.54. The predicted octanol–water partition coefficient (Wildman–Crippen LogP) is 0.914. The number of ether oxygens (including phenoxy) is 1. The Hall–Kier alpha value is -1.43. The van der Waals surface area contributed by atoms with Crippen molar-refractivity contribution >= 4 is 5.91 Å². The summed E-state index contributed by atoms with van der Waals surface area (Å²) in [5, 5.41) is 7.35. The molecule has 1 atom stereocenters. The highest BCUT2D eigenvalue weighted by atomic mass is 16.5. The number of hydrogen-bond acceptors (Lipinski definition) is 4. The highest BCUT2D eigenvalue weighted by Gasteiger charge is 2.29. The number of methoxy groups -OCH3 is 1. The van der Waals surface area contributed by atoms with Crippen LogP contribution in [0.2, 0.25) is 0 Å². The van der Waals surface area contributed by atoms with Crippen molar-refractivity contribution in [1.82, 2.24) is 20.1 Å². The van der Waals surface area contributed by atoms with Gasteiger partial charge < -0.3 is 10.1 Å². The molecule has 1 aliphatic carbocycles. The van der Waals surface area contributed by atoms with Gasteiger partial charge in [-0.15, -0.1) is 0 Å². The van der Waals surface area contributed by atoms with E-state index in [4.69, 9.17) is 4.74 Å². The van der Waals surface area contributed by atoms with Gasteiger partial charge in [0.1, 0.15) is 12.2 Å². The van der Waals surface area contributed by atoms with Crippen molar-refractivity contribution in [2.45, 2.75) is 57.2 Å². The van der Waals surface area contributed by atoms with Crippen molar-refractivity contribution < 1.29 is 9.53 Å². The number of hydrogen-bond donors (Lipinski definition) is 1. The Bertz CT molecular complexity index is 465. The number of amides is 1. The number of carbonyl (C=O) groups is 1. The van der Waals surface area contributed by atoms with Crippen molar-refractivity contribution in [3.05, 3.63) is 12.2 Å². The van der Waals surface area contributed by atoms with E-state index in [0.717, 1.165) is 44.5 Å². The maximum Gasteiger partial charge on any atom is 0.223 e. The van der Waals surface area contributed by atoms with E-state index in [1.807, 2.05) is 4.68 Å². The number of carbonyl (C=O) groups excluding carboxylic acids is 1. The summed E-state index contributed by atoms with van der Waals surface area (Å²) < 4.78 is 7.26. The Morgan fingerprint density at radius 1 is 1.35 bits per heavy atom. The van der Waals surface area contributed by atoms with Gasteiger partial charge in [-0.05, 0) is 32.1 Å². The summed E-state index contributed by atoms with van der Waals surface area (Å²) in [6.07, 6.45) is 7.63. The van der Waals surface area contributed by atoms with Crippen LogP contribution in [0.4, 0.5) is 0 Å². The number of nitrogens with zero attached hydrogens (tertiary/aromatic N) is 3. The van der Waals surface area contributed by atoms with Gasteiger partial charge in [0.25, 0.3) is 0 Å². The quantitative estimate of drug-likeness (QED) is 0.892. The van der Waals surface area contributed by atoms with Gasteiger partial charge in [0.05, 0.1) is 6.10 Å². The number of aromatic nitrogens is 3. The molecule has 3 rings (SSSR count). The largest absolute Gasteiger partial charge is 0.381 e. The zero-order valence-electron chi connectivity index (χ0n) is 11.9. The van der Waals surface area contributed by atoms with Crippen LogP contribution in [0.15, 0.2) is 6.33 Å². The van der Waals surface area contributed by atoms with E-state index in [2.05, 4.69) is 15.4 Å². The van der Waals surface area contributed by atoms with Gasteiger partial charge in [-0.2, -0.15) is 5.10 Å². The molecule has 1 aliphatic heterocycles. The summed E-state index contributed by atoms with van der Waals surface area (Å²) in [7, 11) is 1.77. The van der Waals surface area contributed by atoms with Crippen molar-refractivity contribution in [3.63, 3.8) is 0 Å². The Balaban J connectivity index is 1.51. The molecule has 20 heavy (non-hydrogen) atoms. The molecule has 110 valence electrons. The molecule has 1 amide bonds. The molecule has 1 aromatic heterocycles. The molecule has 2 heterocycles. The Morgan fingerprint density at radius 3 is 2.90 bits per heavy atom. The zero-order valence-corrected chi connectivity index (χ0v) is 11.9. The average molecular weight is 278 g/mol. The lowest BCUT2D eigenvalue weighted by Crippen LogP contribution is -2.43. The van der Waals surface area contributed by atoms with Crippen LogP contribution in [-0.2, 0) is 22.5 Å². The summed E-state index contributed by atoms with van der Waals surface area (Å²) in [4.78, 5) is 16.6. The van der Waals surface area contributed by atoms with Crippen molar-refractivity contribution in [2.24, 2.45) is 5.92 Å². The number of aryl methyl sites for hydroxylation is 1. The molecular weight excluding hydrogens is 256 g/mol. The fraction of sp³-hybridized carbons (Fsp3) is 0.786. The Kier molecular flexibility index (Phi) is 4.00. The number of fused-ring (bicyclic) bond motifs is 1. The monoisotopic (exact) mass is 278 g/mol. The van der Waals surface area contributed by atoms with Gasteiger partial charge in [0.15, 0.2) is 0 Å². The van der Waals surface area contributed by atoms with Gasteiger partial charge in [-0.1, -0.05) is 0 Å². The maximum absolute atomic E-state index is 12.3. The highest BCUT2D eigenvalue weighted by Crippen LogP contribution is 2.23. The second-order valence-electron chi connectivity index (χ2n) is 5.81. The lowest BCUT2D eigenvalue weighted by atomic mass is 9.91. The van der Waals surface area contributed by atoms with Crippen LogP contribution in [-0.4, -0.2) is 39.9 Å². The molecule has 1 fully saturated rings. The molecule has 1 unspecified atom stereocenters. The maximum atomic E-state index is 12.3. The summed E-state index contributed by atoms with van der Waals surface area (Å²) in [5.41, 5.74) is 0. The van der Waals surface area contributed by atoms with E-state index in [0.29, 0.717) is 18.6 Å². The molecule has 1 aromatic rings. The molecule has 6 heteroatoms. The molecule has 0 saturated heterocycles. The first-order valence-electron chi connectivity index (χ1n) is 7.46. The molecular formula is C14H22N4O2. The molecule has 2 aliphatic rings. The van der Waals surface area contributed by atoms with Crippen molar-refractivity contribution in [2.75, 3.05) is 7.11 Å². The average Bonchev–Trinajstić information content (AvgIpc) is 2.95. The smallest absolute Gasteiger partial charge is 0.223 e. The van der Waals surface area contributed by atoms with E-state index < -0.39 is 0 Å². The van der Waals surface area contributed by atoms with Gasteiger partial charge in [-0.3, -0.25) is 9.48 Å². The molecule has 0 spiro atoms. The normalized spacial score (nSPS) is 29.8. The lowest BCUT2D eigenvalue weighted by Gasteiger charge is -2.30. The summed E-state index contributed by atoms with van der Waals surface area (Å²) in [5.74, 6) is 1.16. The zero-order chi connectivity index (χ0) is 13.9. The predicted molar refractivity (Wildman–Crippen MR) is 73.0 cm³/mol. The number of nitrogens with one attached hydrogen (secondary N) is 1. The van der Waals surface area contributed by atoms with E-state index in [9.17, 15) is 4.79 Å².